The molecule has 0 bridgehead atoms. The van der Waals surface area contributed by atoms with Gasteiger partial charge in [-0.1, -0.05) is 6.92 Å². The van der Waals surface area contributed by atoms with Crippen LogP contribution in [0.3, 0.4) is 0 Å². The van der Waals surface area contributed by atoms with Crippen LogP contribution in [0.15, 0.2) is 16.9 Å². The van der Waals surface area contributed by atoms with Crippen LogP contribution in [0.4, 0.5) is 5.82 Å². The molecular weight excluding hydrogens is 410 g/mol. The van der Waals surface area contributed by atoms with Gasteiger partial charge < -0.3 is 15.2 Å². The number of anilines is 1. The molecule has 10 nitrogen and oxygen atoms in total. The minimum atomic E-state index is -0.711. The van der Waals surface area contributed by atoms with Crippen LogP contribution in [0, 0.1) is 6.92 Å². The van der Waals surface area contributed by atoms with Crippen molar-refractivity contribution in [2.75, 3.05) is 12.3 Å². The van der Waals surface area contributed by atoms with Gasteiger partial charge in [0.1, 0.15) is 15.5 Å². The molecule has 0 spiro atoms. The number of carbonyl (C=O) groups is 2. The highest BCUT2D eigenvalue weighted by atomic mass is 32.1. The fraction of sp³-hybridized carbons (Fsp3) is 0.368. The van der Waals surface area contributed by atoms with E-state index in [2.05, 4.69) is 15.1 Å². The van der Waals surface area contributed by atoms with Crippen molar-refractivity contribution in [1.29, 1.82) is 0 Å². The van der Waals surface area contributed by atoms with E-state index in [1.54, 1.807) is 13.8 Å². The first-order valence-corrected chi connectivity index (χ1v) is 10.1. The molecule has 0 atom stereocenters. The Bertz CT molecular complexity index is 1170. The zero-order valence-corrected chi connectivity index (χ0v) is 17.6. The van der Waals surface area contributed by atoms with E-state index in [9.17, 15) is 14.4 Å². The SMILES string of the molecule is CCCn1nc(C(=O)OCc2nc(N)c3c(C)c(C(=O)OCC)sc3n2)ccc1=O. The van der Waals surface area contributed by atoms with Crippen molar-refractivity contribution in [3.63, 3.8) is 0 Å². The summed E-state index contributed by atoms with van der Waals surface area (Å²) in [6.07, 6.45) is 0.701. The summed E-state index contributed by atoms with van der Waals surface area (Å²) in [6.45, 7) is 5.80. The molecule has 3 aromatic heterocycles. The smallest absolute Gasteiger partial charge is 0.359 e. The Morgan fingerprint density at radius 1 is 1.17 bits per heavy atom. The van der Waals surface area contributed by atoms with Crippen molar-refractivity contribution in [3.8, 4) is 0 Å². The number of hydrogen-bond acceptors (Lipinski definition) is 10. The van der Waals surface area contributed by atoms with E-state index in [0.717, 1.165) is 11.3 Å². The second kappa shape index (κ2) is 8.99. The molecule has 0 saturated carbocycles. The molecule has 0 aliphatic rings. The second-order valence-corrected chi connectivity index (χ2v) is 7.34. The molecule has 3 heterocycles. The van der Waals surface area contributed by atoms with Gasteiger partial charge in [-0.05, 0) is 31.9 Å². The van der Waals surface area contributed by atoms with Gasteiger partial charge in [0, 0.05) is 12.6 Å². The maximum absolute atomic E-state index is 12.3. The number of aryl methyl sites for hydroxylation is 2. The molecule has 0 saturated heterocycles. The number of fused-ring (bicyclic) bond motifs is 1. The molecule has 0 fully saturated rings. The lowest BCUT2D eigenvalue weighted by Crippen LogP contribution is -2.24. The number of nitrogens with two attached hydrogens (primary N) is 1. The molecule has 30 heavy (non-hydrogen) atoms. The summed E-state index contributed by atoms with van der Waals surface area (Å²) in [5.74, 6) is -0.785. The summed E-state index contributed by atoms with van der Waals surface area (Å²) in [7, 11) is 0. The molecule has 0 radical (unpaired) electrons. The normalized spacial score (nSPS) is 10.9. The number of nitrogens with zero attached hydrogens (tertiary/aromatic N) is 4. The van der Waals surface area contributed by atoms with E-state index < -0.39 is 11.9 Å². The Balaban J connectivity index is 1.81. The fourth-order valence-corrected chi connectivity index (χ4v) is 3.91. The maximum atomic E-state index is 12.3. The summed E-state index contributed by atoms with van der Waals surface area (Å²) in [5, 5.41) is 4.58. The van der Waals surface area contributed by atoms with Gasteiger partial charge in [-0.3, -0.25) is 4.79 Å². The molecule has 11 heteroatoms. The van der Waals surface area contributed by atoms with Crippen LogP contribution in [0.5, 0.6) is 0 Å². The Kier molecular flexibility index (Phi) is 6.40. The minimum Gasteiger partial charge on any atom is -0.462 e. The number of ether oxygens (including phenoxy) is 2. The van der Waals surface area contributed by atoms with E-state index in [0.29, 0.717) is 33.6 Å². The molecule has 158 valence electrons. The molecule has 0 unspecified atom stereocenters. The van der Waals surface area contributed by atoms with Crippen LogP contribution in [-0.4, -0.2) is 38.3 Å². The molecular formula is C19H21N5O5S. The molecule has 0 aliphatic heterocycles. The van der Waals surface area contributed by atoms with Crippen molar-refractivity contribution >= 4 is 39.3 Å². The monoisotopic (exact) mass is 431 g/mol. The highest BCUT2D eigenvalue weighted by molar-refractivity contribution is 7.20. The van der Waals surface area contributed by atoms with Gasteiger partial charge in [-0.2, -0.15) is 5.10 Å². The maximum Gasteiger partial charge on any atom is 0.359 e. The Labute approximate surface area is 175 Å². The second-order valence-electron chi connectivity index (χ2n) is 6.34. The average molecular weight is 431 g/mol. The Morgan fingerprint density at radius 3 is 2.63 bits per heavy atom. The predicted octanol–water partition coefficient (Wildman–Crippen LogP) is 2.08. The van der Waals surface area contributed by atoms with Crippen molar-refractivity contribution in [2.45, 2.75) is 40.3 Å². The van der Waals surface area contributed by atoms with Crippen LogP contribution < -0.4 is 11.3 Å². The van der Waals surface area contributed by atoms with Crippen molar-refractivity contribution in [2.24, 2.45) is 0 Å². The van der Waals surface area contributed by atoms with Crippen LogP contribution in [0.1, 0.15) is 51.8 Å². The van der Waals surface area contributed by atoms with Gasteiger partial charge in [0.15, 0.2) is 18.1 Å². The van der Waals surface area contributed by atoms with E-state index in [4.69, 9.17) is 15.2 Å². The summed E-state index contributed by atoms with van der Waals surface area (Å²) < 4.78 is 11.5. The van der Waals surface area contributed by atoms with Crippen molar-refractivity contribution in [1.82, 2.24) is 19.7 Å². The highest BCUT2D eigenvalue weighted by Crippen LogP contribution is 2.33. The van der Waals surface area contributed by atoms with Gasteiger partial charge in [-0.25, -0.2) is 24.2 Å². The molecule has 0 amide bonds. The number of esters is 2. The van der Waals surface area contributed by atoms with Crippen molar-refractivity contribution in [3.05, 3.63) is 44.4 Å². The van der Waals surface area contributed by atoms with Crippen LogP contribution in [0.2, 0.25) is 0 Å². The van der Waals surface area contributed by atoms with Gasteiger partial charge in [0.25, 0.3) is 5.56 Å². The fourth-order valence-electron chi connectivity index (χ4n) is 2.81. The Hall–Kier alpha value is -3.34. The van der Waals surface area contributed by atoms with Crippen molar-refractivity contribution < 1.29 is 19.1 Å². The summed E-state index contributed by atoms with van der Waals surface area (Å²) in [5.41, 5.74) is 6.41. The zero-order valence-electron chi connectivity index (χ0n) is 16.8. The van der Waals surface area contributed by atoms with E-state index in [-0.39, 0.29) is 36.1 Å². The average Bonchev–Trinajstić information content (AvgIpc) is 3.05. The molecule has 2 N–H and O–H groups in total. The third kappa shape index (κ3) is 4.30. The lowest BCUT2D eigenvalue weighted by molar-refractivity contribution is 0.0451. The van der Waals surface area contributed by atoms with Crippen LogP contribution in [0.25, 0.3) is 10.2 Å². The quantitative estimate of drug-likeness (QED) is 0.557. The number of thiophene rings is 1. The number of hydrogen-bond donors (Lipinski definition) is 1. The molecule has 0 aliphatic carbocycles. The molecule has 3 rings (SSSR count). The number of carbonyl (C=O) groups excluding carboxylic acids is 2. The van der Waals surface area contributed by atoms with Gasteiger partial charge in [0.2, 0.25) is 0 Å². The lowest BCUT2D eigenvalue weighted by Gasteiger charge is -2.07. The first-order chi connectivity index (χ1) is 14.3. The number of nitrogen functional groups attached to an aromatic ring is 1. The van der Waals surface area contributed by atoms with Crippen LogP contribution >= 0.6 is 11.3 Å². The summed E-state index contributed by atoms with van der Waals surface area (Å²) in [4.78, 5) is 45.6. The number of aromatic nitrogens is 4. The summed E-state index contributed by atoms with van der Waals surface area (Å²) >= 11 is 1.14. The van der Waals surface area contributed by atoms with Crippen LogP contribution in [-0.2, 0) is 22.6 Å². The first-order valence-electron chi connectivity index (χ1n) is 9.33. The topological polar surface area (TPSA) is 139 Å². The van der Waals surface area contributed by atoms with E-state index >= 15 is 0 Å². The Morgan fingerprint density at radius 2 is 1.93 bits per heavy atom. The number of rotatable bonds is 7. The first kappa shape index (κ1) is 21.4. The zero-order chi connectivity index (χ0) is 21.8. The largest absolute Gasteiger partial charge is 0.462 e. The standard InChI is InChI=1S/C19H21N5O5S/c1-4-8-24-13(25)7-6-11(23-24)18(26)29-9-12-21-16(20)14-10(3)15(19(27)28-5-2)30-17(14)22-12/h6-7H,4-5,8-9H2,1-3H3,(H2,20,21,22). The van der Waals surface area contributed by atoms with E-state index in [1.807, 2.05) is 6.92 Å². The predicted molar refractivity (Wildman–Crippen MR) is 110 cm³/mol. The third-order valence-electron chi connectivity index (χ3n) is 4.17. The third-order valence-corrected chi connectivity index (χ3v) is 5.33. The molecule has 0 aromatic carbocycles. The molecule has 3 aromatic rings. The lowest BCUT2D eigenvalue weighted by atomic mass is 10.2. The van der Waals surface area contributed by atoms with E-state index in [1.165, 1.54) is 16.8 Å². The van der Waals surface area contributed by atoms with Gasteiger partial charge in [-0.15, -0.1) is 11.3 Å². The van der Waals surface area contributed by atoms with Gasteiger partial charge in [0.05, 0.1) is 12.0 Å². The highest BCUT2D eigenvalue weighted by Gasteiger charge is 2.21. The summed E-state index contributed by atoms with van der Waals surface area (Å²) in [6, 6.07) is 2.58. The van der Waals surface area contributed by atoms with Gasteiger partial charge >= 0.3 is 11.9 Å². The minimum absolute atomic E-state index is 0.00802.